The lowest BCUT2D eigenvalue weighted by atomic mass is 9.82. The van der Waals surface area contributed by atoms with Gasteiger partial charge in [0.15, 0.2) is 0 Å². The van der Waals surface area contributed by atoms with Gasteiger partial charge in [-0.25, -0.2) is 4.39 Å². The van der Waals surface area contributed by atoms with Crippen LogP contribution in [0, 0.1) is 5.82 Å². The summed E-state index contributed by atoms with van der Waals surface area (Å²) in [5.74, 6) is -0.0681. The van der Waals surface area contributed by atoms with Gasteiger partial charge in [0.2, 0.25) is 5.91 Å². The summed E-state index contributed by atoms with van der Waals surface area (Å²) in [4.78, 5) is 14.2. The van der Waals surface area contributed by atoms with E-state index in [1.54, 1.807) is 12.1 Å². The molecule has 132 valence electrons. The molecule has 2 saturated heterocycles. The molecule has 1 aromatic rings. The Balaban J connectivity index is 1.42. The molecule has 0 radical (unpaired) electrons. The number of hydrogen-bond donors (Lipinski definition) is 1. The summed E-state index contributed by atoms with van der Waals surface area (Å²) in [6, 6.07) is 6.45. The van der Waals surface area contributed by atoms with E-state index in [-0.39, 0.29) is 11.7 Å². The maximum Gasteiger partial charge on any atom is 0.222 e. The number of ether oxygens (including phenoxy) is 1. The molecule has 2 fully saturated rings. The maximum absolute atomic E-state index is 12.9. The Morgan fingerprint density at radius 3 is 2.67 bits per heavy atom. The first kappa shape index (κ1) is 17.4. The van der Waals surface area contributed by atoms with Gasteiger partial charge in [-0.05, 0) is 56.2 Å². The highest BCUT2D eigenvalue weighted by Crippen LogP contribution is 2.35. The number of benzene rings is 1. The number of aliphatic hydroxyl groups is 1. The summed E-state index contributed by atoms with van der Waals surface area (Å²) in [7, 11) is 0. The van der Waals surface area contributed by atoms with Crippen molar-refractivity contribution in [2.24, 2.45) is 0 Å². The molecule has 1 atom stereocenters. The van der Waals surface area contributed by atoms with Gasteiger partial charge in [0, 0.05) is 26.1 Å². The van der Waals surface area contributed by atoms with Gasteiger partial charge >= 0.3 is 0 Å². The topological polar surface area (TPSA) is 49.8 Å². The molecule has 2 aliphatic rings. The van der Waals surface area contributed by atoms with Gasteiger partial charge in [-0.15, -0.1) is 0 Å². The number of aryl methyl sites for hydroxylation is 1. The zero-order chi connectivity index (χ0) is 17.0. The molecule has 0 bridgehead atoms. The number of rotatable bonds is 4. The fourth-order valence-electron chi connectivity index (χ4n) is 3.78. The maximum atomic E-state index is 12.9. The molecule has 0 unspecified atom stereocenters. The Morgan fingerprint density at radius 1 is 1.29 bits per heavy atom. The second-order valence-corrected chi connectivity index (χ2v) is 6.93. The summed E-state index contributed by atoms with van der Waals surface area (Å²) in [5.41, 5.74) is 0.629. The Labute approximate surface area is 142 Å². The van der Waals surface area contributed by atoms with Crippen LogP contribution >= 0.6 is 0 Å². The second kappa shape index (κ2) is 7.62. The number of amides is 1. The lowest BCUT2D eigenvalue weighted by Crippen LogP contribution is -2.56. The highest BCUT2D eigenvalue weighted by Gasteiger charge is 2.44. The summed E-state index contributed by atoms with van der Waals surface area (Å²) in [5, 5.41) is 10.2. The lowest BCUT2D eigenvalue weighted by molar-refractivity contribution is -0.179. The third kappa shape index (κ3) is 3.95. The number of carbonyl (C=O) groups is 1. The summed E-state index contributed by atoms with van der Waals surface area (Å²) in [6.45, 7) is 2.03. The molecule has 1 amide bonds. The molecule has 1 aromatic carbocycles. The molecule has 0 aliphatic carbocycles. The van der Waals surface area contributed by atoms with Crippen molar-refractivity contribution in [1.82, 2.24) is 4.90 Å². The molecule has 5 heteroatoms. The van der Waals surface area contributed by atoms with E-state index in [1.165, 1.54) is 12.1 Å². The largest absolute Gasteiger partial charge is 0.390 e. The molecule has 0 aromatic heterocycles. The molecule has 24 heavy (non-hydrogen) atoms. The van der Waals surface area contributed by atoms with E-state index in [4.69, 9.17) is 4.74 Å². The number of likely N-dealkylation sites (tertiary alicyclic amines) is 1. The second-order valence-electron chi connectivity index (χ2n) is 6.93. The van der Waals surface area contributed by atoms with Crippen LogP contribution in [-0.2, 0) is 16.0 Å². The van der Waals surface area contributed by atoms with Crippen molar-refractivity contribution in [3.8, 4) is 0 Å². The highest BCUT2D eigenvalue weighted by atomic mass is 19.1. The molecular formula is C19H26FNO3. The number of nitrogens with zero attached hydrogens (tertiary/aromatic N) is 1. The average molecular weight is 335 g/mol. The molecular weight excluding hydrogens is 309 g/mol. The monoisotopic (exact) mass is 335 g/mol. The zero-order valence-electron chi connectivity index (χ0n) is 14.0. The first-order valence-electron chi connectivity index (χ1n) is 8.93. The van der Waals surface area contributed by atoms with Gasteiger partial charge in [0.25, 0.3) is 0 Å². The first-order chi connectivity index (χ1) is 11.6. The van der Waals surface area contributed by atoms with Crippen LogP contribution in [0.3, 0.4) is 0 Å². The van der Waals surface area contributed by atoms with E-state index in [1.807, 2.05) is 4.90 Å². The number of hydrogen-bond acceptors (Lipinski definition) is 3. The minimum Gasteiger partial charge on any atom is -0.390 e. The normalized spacial score (nSPS) is 23.4. The van der Waals surface area contributed by atoms with Crippen LogP contribution in [0.25, 0.3) is 0 Å². The lowest BCUT2D eigenvalue weighted by Gasteiger charge is -2.46. The van der Waals surface area contributed by atoms with Crippen molar-refractivity contribution < 1.29 is 19.0 Å². The molecule has 3 rings (SSSR count). The van der Waals surface area contributed by atoms with Crippen molar-refractivity contribution in [2.75, 3.05) is 19.7 Å². The first-order valence-corrected chi connectivity index (χ1v) is 8.93. The number of carbonyl (C=O) groups excluding carboxylic acids is 1. The van der Waals surface area contributed by atoms with E-state index in [0.717, 1.165) is 44.1 Å². The third-order valence-electron chi connectivity index (χ3n) is 5.35. The Hall–Kier alpha value is -1.46. The van der Waals surface area contributed by atoms with Crippen molar-refractivity contribution in [3.63, 3.8) is 0 Å². The molecule has 0 saturated carbocycles. The average Bonchev–Trinajstić information content (AvgIpc) is 2.60. The third-order valence-corrected chi connectivity index (χ3v) is 5.35. The van der Waals surface area contributed by atoms with Gasteiger partial charge in [-0.2, -0.15) is 0 Å². The van der Waals surface area contributed by atoms with Gasteiger partial charge in [-0.1, -0.05) is 12.1 Å². The van der Waals surface area contributed by atoms with Gasteiger partial charge in [-0.3, -0.25) is 4.79 Å². The van der Waals surface area contributed by atoms with Crippen LogP contribution in [0.5, 0.6) is 0 Å². The predicted octanol–water partition coefficient (Wildman–Crippen LogP) is 2.68. The Morgan fingerprint density at radius 2 is 2.00 bits per heavy atom. The molecule has 1 N–H and O–H groups in total. The Bertz CT molecular complexity index is 552. The highest BCUT2D eigenvalue weighted by molar-refractivity contribution is 5.76. The number of aliphatic hydroxyl groups excluding tert-OH is 1. The van der Waals surface area contributed by atoms with Gasteiger partial charge in [0.05, 0.1) is 11.7 Å². The van der Waals surface area contributed by atoms with Crippen LogP contribution < -0.4 is 0 Å². The van der Waals surface area contributed by atoms with Gasteiger partial charge < -0.3 is 14.7 Å². The quantitative estimate of drug-likeness (QED) is 0.920. The molecule has 2 aliphatic heterocycles. The molecule has 2 heterocycles. The summed E-state index contributed by atoms with van der Waals surface area (Å²) >= 11 is 0. The van der Waals surface area contributed by atoms with Crippen LogP contribution in [0.15, 0.2) is 24.3 Å². The van der Waals surface area contributed by atoms with E-state index >= 15 is 0 Å². The van der Waals surface area contributed by atoms with E-state index in [2.05, 4.69) is 0 Å². The number of piperidine rings is 1. The fourth-order valence-corrected chi connectivity index (χ4v) is 3.78. The minimum atomic E-state index is -0.427. The van der Waals surface area contributed by atoms with Crippen LogP contribution in [0.4, 0.5) is 4.39 Å². The van der Waals surface area contributed by atoms with Crippen molar-refractivity contribution in [2.45, 2.75) is 56.7 Å². The SMILES string of the molecule is O=C(CCCc1ccc(F)cc1)N1CCC2(CC1)OCCC[C@H]2O. The van der Waals surface area contributed by atoms with Crippen molar-refractivity contribution >= 4 is 5.91 Å². The number of halogens is 1. The molecule has 4 nitrogen and oxygen atoms in total. The van der Waals surface area contributed by atoms with E-state index in [9.17, 15) is 14.3 Å². The smallest absolute Gasteiger partial charge is 0.222 e. The van der Waals surface area contributed by atoms with Crippen molar-refractivity contribution in [1.29, 1.82) is 0 Å². The van der Waals surface area contributed by atoms with Crippen LogP contribution in [0.2, 0.25) is 0 Å². The standard InChI is InChI=1S/C19H26FNO3/c20-16-8-6-15(7-9-16)3-1-5-18(23)21-12-10-19(11-13-21)17(22)4-2-14-24-19/h6-9,17,22H,1-5,10-14H2/t17-/m1/s1. The van der Waals surface area contributed by atoms with Gasteiger partial charge in [0.1, 0.15) is 5.82 Å². The summed E-state index contributed by atoms with van der Waals surface area (Å²) in [6.07, 6.45) is 4.81. The van der Waals surface area contributed by atoms with Crippen molar-refractivity contribution in [3.05, 3.63) is 35.6 Å². The van der Waals surface area contributed by atoms with E-state index in [0.29, 0.717) is 26.1 Å². The van der Waals surface area contributed by atoms with E-state index < -0.39 is 11.7 Å². The summed E-state index contributed by atoms with van der Waals surface area (Å²) < 4.78 is 18.7. The molecule has 1 spiro atoms. The van der Waals surface area contributed by atoms with Crippen LogP contribution in [-0.4, -0.2) is 47.3 Å². The Kier molecular flexibility index (Phi) is 5.51. The minimum absolute atomic E-state index is 0.164. The fraction of sp³-hybridized carbons (Fsp3) is 0.632. The predicted molar refractivity (Wildman–Crippen MR) is 89.1 cm³/mol. The van der Waals surface area contributed by atoms with Crippen LogP contribution in [0.1, 0.15) is 44.1 Å². The zero-order valence-corrected chi connectivity index (χ0v) is 14.0.